The van der Waals surface area contributed by atoms with Gasteiger partial charge in [-0.25, -0.2) is 0 Å². The molecule has 1 aliphatic carbocycles. The predicted octanol–water partition coefficient (Wildman–Crippen LogP) is 3.99. The minimum Gasteiger partial charge on any atom is -0.493 e. The lowest BCUT2D eigenvalue weighted by atomic mass is 9.75. The van der Waals surface area contributed by atoms with Crippen LogP contribution in [0.5, 0.6) is 23.0 Å². The lowest BCUT2D eigenvalue weighted by Gasteiger charge is -2.44. The average Bonchev–Trinajstić information content (AvgIpc) is 2.74. The third-order valence-corrected chi connectivity index (χ3v) is 6.17. The van der Waals surface area contributed by atoms with Crippen molar-refractivity contribution in [1.29, 1.82) is 0 Å². The monoisotopic (exact) mass is 413 g/mol. The number of aliphatic hydroxyl groups excluding tert-OH is 1. The molecule has 0 bridgehead atoms. The Balaban J connectivity index is 2.03. The van der Waals surface area contributed by atoms with Gasteiger partial charge in [0.05, 0.1) is 34.5 Å². The predicted molar refractivity (Wildman–Crippen MR) is 116 cm³/mol. The molecule has 0 aromatic heterocycles. The van der Waals surface area contributed by atoms with Gasteiger partial charge in [0.1, 0.15) is 0 Å². The molecule has 4 rings (SSSR count). The number of aliphatic hydroxyl groups is 1. The second kappa shape index (κ2) is 8.00. The van der Waals surface area contributed by atoms with Crippen LogP contribution in [0.15, 0.2) is 18.2 Å². The second-order valence-corrected chi connectivity index (χ2v) is 8.44. The number of hydrogen-bond acceptors (Lipinski definition) is 6. The Morgan fingerprint density at radius 1 is 0.967 bits per heavy atom. The van der Waals surface area contributed by atoms with E-state index in [-0.39, 0.29) is 6.04 Å². The smallest absolute Gasteiger partial charge is 0.168 e. The third kappa shape index (κ3) is 3.19. The first kappa shape index (κ1) is 20.8. The Hall–Kier alpha value is -2.44. The Morgan fingerprint density at radius 2 is 1.63 bits per heavy atom. The molecule has 1 N–H and O–H groups in total. The molecule has 0 fully saturated rings. The van der Waals surface area contributed by atoms with Crippen molar-refractivity contribution >= 4 is 0 Å². The molecule has 2 unspecified atom stereocenters. The summed E-state index contributed by atoms with van der Waals surface area (Å²) in [7, 11) is 6.59. The van der Waals surface area contributed by atoms with E-state index in [0.717, 1.165) is 35.2 Å². The average molecular weight is 414 g/mol. The van der Waals surface area contributed by atoms with Crippen molar-refractivity contribution in [2.75, 3.05) is 41.5 Å². The van der Waals surface area contributed by atoms with E-state index >= 15 is 0 Å². The molecule has 162 valence electrons. The van der Waals surface area contributed by atoms with Gasteiger partial charge in [-0.1, -0.05) is 13.8 Å². The van der Waals surface area contributed by atoms with Crippen LogP contribution in [0.3, 0.4) is 0 Å². The largest absolute Gasteiger partial charge is 0.493 e. The minimum atomic E-state index is -0.574. The lowest BCUT2D eigenvalue weighted by molar-refractivity contribution is 0.0575. The van der Waals surface area contributed by atoms with E-state index in [0.29, 0.717) is 35.5 Å². The van der Waals surface area contributed by atoms with Gasteiger partial charge in [0.2, 0.25) is 0 Å². The number of ether oxygens (including phenoxy) is 4. The van der Waals surface area contributed by atoms with Crippen molar-refractivity contribution in [2.24, 2.45) is 5.92 Å². The van der Waals surface area contributed by atoms with Crippen LogP contribution >= 0.6 is 0 Å². The van der Waals surface area contributed by atoms with Gasteiger partial charge in [0, 0.05) is 24.7 Å². The van der Waals surface area contributed by atoms with Crippen LogP contribution in [0, 0.1) is 5.92 Å². The van der Waals surface area contributed by atoms with E-state index in [2.05, 4.69) is 24.8 Å². The highest BCUT2D eigenvalue weighted by atomic mass is 16.5. The number of methoxy groups -OCH3 is 4. The molecule has 2 aromatic rings. The summed E-state index contributed by atoms with van der Waals surface area (Å²) in [5, 5.41) is 11.0. The van der Waals surface area contributed by atoms with Gasteiger partial charge < -0.3 is 24.1 Å². The summed E-state index contributed by atoms with van der Waals surface area (Å²) in [6, 6.07) is 6.17. The summed E-state index contributed by atoms with van der Waals surface area (Å²) in [5.41, 5.74) is 5.24. The Labute approximate surface area is 178 Å². The van der Waals surface area contributed by atoms with Crippen LogP contribution in [-0.2, 0) is 6.42 Å². The second-order valence-electron chi connectivity index (χ2n) is 8.44. The van der Waals surface area contributed by atoms with Crippen LogP contribution < -0.4 is 18.9 Å². The SMILES string of the molecule is COc1cc2c(cc1OC)-c1c(OC)c(OC)cc3c1C(C2)N(CC(C)C)CC3O. The molecular weight excluding hydrogens is 382 g/mol. The lowest BCUT2D eigenvalue weighted by Crippen LogP contribution is -2.42. The molecule has 2 aliphatic rings. The number of nitrogens with zero attached hydrogens (tertiary/aromatic N) is 1. The molecule has 0 saturated heterocycles. The Bertz CT molecular complexity index is 955. The molecule has 0 spiro atoms. The van der Waals surface area contributed by atoms with E-state index in [4.69, 9.17) is 18.9 Å². The quantitative estimate of drug-likeness (QED) is 0.773. The molecule has 1 heterocycles. The number of hydrogen-bond donors (Lipinski definition) is 1. The molecule has 1 aliphatic heterocycles. The van der Waals surface area contributed by atoms with Gasteiger partial charge >= 0.3 is 0 Å². The Kier molecular flexibility index (Phi) is 5.55. The van der Waals surface area contributed by atoms with Crippen LogP contribution in [-0.4, -0.2) is 51.5 Å². The highest BCUT2D eigenvalue weighted by Gasteiger charge is 2.41. The normalized spacial score (nSPS) is 19.9. The maximum absolute atomic E-state index is 11.0. The van der Waals surface area contributed by atoms with Crippen molar-refractivity contribution in [1.82, 2.24) is 4.90 Å². The van der Waals surface area contributed by atoms with Crippen molar-refractivity contribution < 1.29 is 24.1 Å². The molecule has 6 nitrogen and oxygen atoms in total. The van der Waals surface area contributed by atoms with E-state index in [1.54, 1.807) is 28.4 Å². The number of benzene rings is 2. The van der Waals surface area contributed by atoms with E-state index in [1.165, 1.54) is 5.56 Å². The zero-order chi connectivity index (χ0) is 21.6. The van der Waals surface area contributed by atoms with E-state index in [1.807, 2.05) is 12.1 Å². The molecule has 30 heavy (non-hydrogen) atoms. The molecule has 0 amide bonds. The Morgan fingerprint density at radius 3 is 2.23 bits per heavy atom. The molecule has 0 radical (unpaired) electrons. The van der Waals surface area contributed by atoms with Crippen molar-refractivity contribution in [2.45, 2.75) is 32.4 Å². The highest BCUT2D eigenvalue weighted by molar-refractivity contribution is 5.85. The van der Waals surface area contributed by atoms with Gasteiger partial charge in [-0.3, -0.25) is 4.90 Å². The first-order valence-corrected chi connectivity index (χ1v) is 10.4. The van der Waals surface area contributed by atoms with Crippen molar-refractivity contribution in [3.05, 3.63) is 34.9 Å². The van der Waals surface area contributed by atoms with E-state index < -0.39 is 6.10 Å². The summed E-state index contributed by atoms with van der Waals surface area (Å²) >= 11 is 0. The number of rotatable bonds is 6. The van der Waals surface area contributed by atoms with Crippen LogP contribution in [0.25, 0.3) is 11.1 Å². The molecule has 0 saturated carbocycles. The van der Waals surface area contributed by atoms with Gasteiger partial charge in [0.15, 0.2) is 23.0 Å². The van der Waals surface area contributed by atoms with Gasteiger partial charge in [-0.15, -0.1) is 0 Å². The minimum absolute atomic E-state index is 0.159. The maximum atomic E-state index is 11.0. The standard InChI is InChI=1S/C24H31NO5/c1-13(2)11-25-12-18(26)16-10-21(29-5)24(30-6)23-15-9-20(28-4)19(27-3)8-14(15)7-17(25)22(16)23/h8-10,13,17-18,26H,7,11-12H2,1-6H3. The van der Waals surface area contributed by atoms with Crippen molar-refractivity contribution in [3.8, 4) is 34.1 Å². The van der Waals surface area contributed by atoms with Crippen LogP contribution in [0.1, 0.15) is 42.7 Å². The van der Waals surface area contributed by atoms with Gasteiger partial charge in [0.25, 0.3) is 0 Å². The number of fused-ring (bicyclic) bond motifs is 2. The van der Waals surface area contributed by atoms with Crippen molar-refractivity contribution in [3.63, 3.8) is 0 Å². The summed E-state index contributed by atoms with van der Waals surface area (Å²) in [5.74, 6) is 3.20. The fourth-order valence-corrected chi connectivity index (χ4v) is 4.99. The molecule has 2 aromatic carbocycles. The highest BCUT2D eigenvalue weighted by Crippen LogP contribution is 2.55. The third-order valence-electron chi connectivity index (χ3n) is 6.17. The van der Waals surface area contributed by atoms with E-state index in [9.17, 15) is 5.11 Å². The fourth-order valence-electron chi connectivity index (χ4n) is 4.99. The zero-order valence-corrected chi connectivity index (χ0v) is 18.6. The van der Waals surface area contributed by atoms with Gasteiger partial charge in [-0.2, -0.15) is 0 Å². The fraction of sp³-hybridized carbons (Fsp3) is 0.500. The summed E-state index contributed by atoms with van der Waals surface area (Å²) in [6.07, 6.45) is 0.264. The maximum Gasteiger partial charge on any atom is 0.168 e. The van der Waals surface area contributed by atoms with Crippen LogP contribution in [0.4, 0.5) is 0 Å². The molecular formula is C24H31NO5. The van der Waals surface area contributed by atoms with Crippen LogP contribution in [0.2, 0.25) is 0 Å². The molecule has 2 atom stereocenters. The summed E-state index contributed by atoms with van der Waals surface area (Å²) < 4.78 is 22.7. The zero-order valence-electron chi connectivity index (χ0n) is 18.6. The first-order chi connectivity index (χ1) is 14.4. The number of β-amino-alcohol motifs (C(OH)–C–C–N with tert-alkyl or cyclic N) is 1. The van der Waals surface area contributed by atoms with Gasteiger partial charge in [-0.05, 0) is 52.8 Å². The first-order valence-electron chi connectivity index (χ1n) is 10.4. The summed E-state index contributed by atoms with van der Waals surface area (Å²) in [6.45, 7) is 5.94. The summed E-state index contributed by atoms with van der Waals surface area (Å²) in [4.78, 5) is 2.40. The molecule has 6 heteroatoms. The topological polar surface area (TPSA) is 60.4 Å².